The van der Waals surface area contributed by atoms with Crippen molar-refractivity contribution in [2.45, 2.75) is 25.1 Å². The number of piperidine rings is 1. The Hall–Kier alpha value is -5.45. The summed E-state index contributed by atoms with van der Waals surface area (Å²) in [7, 11) is 1.50. The number of hydrogen-bond donors (Lipinski definition) is 2. The molecule has 1 fully saturated rings. The molecule has 2 aliphatic heterocycles. The number of benzene rings is 3. The number of nitrogens with zero attached hydrogens (tertiary/aromatic N) is 2. The molecule has 0 radical (unpaired) electrons. The maximum Gasteiger partial charge on any atom is 0.258 e. The zero-order chi connectivity index (χ0) is 31.3. The summed E-state index contributed by atoms with van der Waals surface area (Å²) in [6.45, 7) is 0.286. The number of likely N-dealkylation sites (tertiary alicyclic amines) is 1. The van der Waals surface area contributed by atoms with Crippen LogP contribution >= 0.6 is 0 Å². The van der Waals surface area contributed by atoms with Gasteiger partial charge in [0.2, 0.25) is 0 Å². The minimum absolute atomic E-state index is 0.0554. The third-order valence-corrected chi connectivity index (χ3v) is 7.74. The van der Waals surface area contributed by atoms with Crippen LogP contribution in [0.2, 0.25) is 0 Å². The van der Waals surface area contributed by atoms with E-state index in [9.17, 15) is 18.8 Å². The Morgan fingerprint density at radius 2 is 1.82 bits per heavy atom. The molecule has 0 spiro atoms. The number of para-hydroxylation sites is 1. The molecule has 2 aliphatic rings. The highest BCUT2D eigenvalue weighted by atomic mass is 19.1. The van der Waals surface area contributed by atoms with E-state index in [0.29, 0.717) is 46.7 Å². The fourth-order valence-electron chi connectivity index (χ4n) is 5.49. The van der Waals surface area contributed by atoms with Crippen molar-refractivity contribution in [1.29, 1.82) is 0 Å². The van der Waals surface area contributed by atoms with Gasteiger partial charge in [0.1, 0.15) is 29.2 Å². The molecule has 6 rings (SSSR count). The first-order valence-corrected chi connectivity index (χ1v) is 14.5. The Labute approximate surface area is 259 Å². The molecule has 230 valence electrons. The van der Waals surface area contributed by atoms with Crippen LogP contribution in [-0.4, -0.2) is 66.6 Å². The van der Waals surface area contributed by atoms with Gasteiger partial charge in [-0.1, -0.05) is 24.3 Å². The molecule has 1 aromatic heterocycles. The second-order valence-corrected chi connectivity index (χ2v) is 10.8. The van der Waals surface area contributed by atoms with Crippen molar-refractivity contribution in [3.8, 4) is 28.4 Å². The van der Waals surface area contributed by atoms with Crippen LogP contribution in [-0.2, 0) is 11.3 Å². The number of aromatic nitrogens is 1. The average Bonchev–Trinajstić information content (AvgIpc) is 3.06. The first kappa shape index (κ1) is 29.6. The molecule has 3 aromatic carbocycles. The van der Waals surface area contributed by atoms with E-state index < -0.39 is 23.9 Å². The molecule has 45 heavy (non-hydrogen) atoms. The summed E-state index contributed by atoms with van der Waals surface area (Å²) in [5.41, 5.74) is 2.61. The van der Waals surface area contributed by atoms with Gasteiger partial charge in [0.15, 0.2) is 6.61 Å². The van der Waals surface area contributed by atoms with Crippen LogP contribution in [0.5, 0.6) is 17.2 Å². The molecular weight excluding hydrogens is 579 g/mol. The molecule has 2 atom stereocenters. The predicted octanol–water partition coefficient (Wildman–Crippen LogP) is 4.00. The van der Waals surface area contributed by atoms with Crippen molar-refractivity contribution in [1.82, 2.24) is 20.5 Å². The fourth-order valence-corrected chi connectivity index (χ4v) is 5.49. The van der Waals surface area contributed by atoms with Gasteiger partial charge in [0.25, 0.3) is 17.7 Å². The van der Waals surface area contributed by atoms with Gasteiger partial charge in [-0.05, 0) is 53.6 Å². The van der Waals surface area contributed by atoms with Crippen molar-refractivity contribution >= 4 is 17.7 Å². The van der Waals surface area contributed by atoms with Crippen LogP contribution in [0.3, 0.4) is 0 Å². The summed E-state index contributed by atoms with van der Waals surface area (Å²) in [6.07, 6.45) is 2.85. The van der Waals surface area contributed by atoms with E-state index in [1.54, 1.807) is 65.7 Å². The van der Waals surface area contributed by atoms with Gasteiger partial charge in [-0.3, -0.25) is 19.4 Å². The quantitative estimate of drug-likeness (QED) is 0.352. The third kappa shape index (κ3) is 6.87. The molecule has 11 heteroatoms. The van der Waals surface area contributed by atoms with Crippen molar-refractivity contribution in [2.75, 3.05) is 26.8 Å². The molecule has 6 bridgehead atoms. The molecule has 0 unspecified atom stereocenters. The zero-order valence-corrected chi connectivity index (χ0v) is 24.5. The minimum atomic E-state index is -0.654. The summed E-state index contributed by atoms with van der Waals surface area (Å²) in [6, 6.07) is 19.3. The number of amides is 3. The highest BCUT2D eigenvalue weighted by Gasteiger charge is 2.35. The van der Waals surface area contributed by atoms with E-state index in [0.717, 1.165) is 5.56 Å². The summed E-state index contributed by atoms with van der Waals surface area (Å²) < 4.78 is 32.0. The molecular formula is C34H31FN4O6. The first-order valence-electron chi connectivity index (χ1n) is 14.5. The van der Waals surface area contributed by atoms with Gasteiger partial charge >= 0.3 is 0 Å². The lowest BCUT2D eigenvalue weighted by Gasteiger charge is -2.39. The number of methoxy groups -OCH3 is 1. The topological polar surface area (TPSA) is 119 Å². The van der Waals surface area contributed by atoms with E-state index in [4.69, 9.17) is 14.2 Å². The maximum atomic E-state index is 14.7. The highest BCUT2D eigenvalue weighted by molar-refractivity contribution is 5.97. The van der Waals surface area contributed by atoms with Crippen LogP contribution < -0.4 is 24.8 Å². The second-order valence-electron chi connectivity index (χ2n) is 10.8. The van der Waals surface area contributed by atoms with Gasteiger partial charge < -0.3 is 29.7 Å². The molecule has 3 amide bonds. The Morgan fingerprint density at radius 1 is 0.978 bits per heavy atom. The summed E-state index contributed by atoms with van der Waals surface area (Å²) in [4.78, 5) is 45.7. The fraction of sp³-hybridized carbons (Fsp3) is 0.235. The monoisotopic (exact) mass is 610 g/mol. The van der Waals surface area contributed by atoms with Gasteiger partial charge in [-0.25, -0.2) is 4.39 Å². The normalized spacial score (nSPS) is 18.4. The molecule has 10 nitrogen and oxygen atoms in total. The van der Waals surface area contributed by atoms with Crippen molar-refractivity contribution < 1.29 is 33.0 Å². The van der Waals surface area contributed by atoms with Crippen LogP contribution in [0.4, 0.5) is 4.39 Å². The number of pyridine rings is 1. The van der Waals surface area contributed by atoms with Crippen LogP contribution in [0.1, 0.15) is 32.7 Å². The largest absolute Gasteiger partial charge is 0.496 e. The summed E-state index contributed by atoms with van der Waals surface area (Å²) in [5, 5.41) is 5.78. The maximum absolute atomic E-state index is 14.7. The number of rotatable bonds is 2. The van der Waals surface area contributed by atoms with E-state index >= 15 is 0 Å². The smallest absolute Gasteiger partial charge is 0.258 e. The van der Waals surface area contributed by atoms with Gasteiger partial charge in [0, 0.05) is 50.1 Å². The summed E-state index contributed by atoms with van der Waals surface area (Å²) in [5.74, 6) is -0.427. The molecule has 2 N–H and O–H groups in total. The van der Waals surface area contributed by atoms with Gasteiger partial charge in [-0.2, -0.15) is 0 Å². The zero-order valence-electron chi connectivity index (χ0n) is 24.5. The van der Waals surface area contributed by atoms with Gasteiger partial charge in [0.05, 0.1) is 24.3 Å². The number of fused-ring (bicyclic) bond motifs is 8. The van der Waals surface area contributed by atoms with E-state index in [-0.39, 0.29) is 37.3 Å². The standard InChI is InChI=1S/C34H31FN4O6/c1-43-30-8-3-2-7-28(30)34(42)39-10-9-31-29(19-39)38-33(41)24-13-23(17-36-18-24)22-5-4-6-26(14-22)44-20-32(40)37-16-21-11-25(35)15-27(12-21)45-31/h2-8,11-15,17-18,29,31H,9-10,16,19-20H2,1H3,(H,37,40)(H,38,41)/t29-,31+/m1/s1. The highest BCUT2D eigenvalue weighted by Crippen LogP contribution is 2.27. The van der Waals surface area contributed by atoms with Crippen molar-refractivity contribution in [3.63, 3.8) is 0 Å². The lowest BCUT2D eigenvalue weighted by molar-refractivity contribution is -0.123. The number of ether oxygens (including phenoxy) is 3. The Bertz CT molecular complexity index is 1750. The Kier molecular flexibility index (Phi) is 8.58. The predicted molar refractivity (Wildman–Crippen MR) is 163 cm³/mol. The molecule has 1 saturated heterocycles. The SMILES string of the molecule is COc1ccccc1C(=O)N1CC[C@@H]2Oc3cc(F)cc(c3)CNC(=O)COc3cccc(c3)-c3cncc(c3)C(=O)N[C@@H]2C1. The first-order chi connectivity index (χ1) is 21.9. The van der Waals surface area contributed by atoms with E-state index in [2.05, 4.69) is 15.6 Å². The van der Waals surface area contributed by atoms with E-state index in [1.165, 1.54) is 25.4 Å². The minimum Gasteiger partial charge on any atom is -0.496 e. The Balaban J connectivity index is 1.34. The number of carbonyl (C=O) groups is 3. The summed E-state index contributed by atoms with van der Waals surface area (Å²) >= 11 is 0. The lowest BCUT2D eigenvalue weighted by Crippen LogP contribution is -2.58. The van der Waals surface area contributed by atoms with E-state index in [1.807, 2.05) is 6.07 Å². The molecule has 0 saturated carbocycles. The lowest BCUT2D eigenvalue weighted by atomic mass is 9.99. The van der Waals surface area contributed by atoms with Crippen LogP contribution in [0, 0.1) is 5.82 Å². The second kappa shape index (κ2) is 13.0. The van der Waals surface area contributed by atoms with Gasteiger partial charge in [-0.15, -0.1) is 0 Å². The van der Waals surface area contributed by atoms with Crippen molar-refractivity contribution in [3.05, 3.63) is 108 Å². The van der Waals surface area contributed by atoms with Crippen molar-refractivity contribution in [2.24, 2.45) is 0 Å². The number of nitrogens with one attached hydrogen (secondary N) is 2. The van der Waals surface area contributed by atoms with Crippen LogP contribution in [0.15, 0.2) is 85.2 Å². The number of hydrogen-bond acceptors (Lipinski definition) is 7. The average molecular weight is 611 g/mol. The molecule has 4 aromatic rings. The molecule has 3 heterocycles. The number of carbonyl (C=O) groups excluding carboxylic acids is 3. The third-order valence-electron chi connectivity index (χ3n) is 7.74. The Morgan fingerprint density at radius 3 is 2.69 bits per heavy atom. The number of halogens is 1. The van der Waals surface area contributed by atoms with Crippen LogP contribution in [0.25, 0.3) is 11.1 Å². The molecule has 0 aliphatic carbocycles.